The molecule has 0 spiro atoms. The van der Waals surface area contributed by atoms with Crippen LogP contribution in [0.1, 0.15) is 26.7 Å². The van der Waals surface area contributed by atoms with E-state index in [1.807, 2.05) is 13.8 Å². The minimum absolute atomic E-state index is 0.00732. The predicted molar refractivity (Wildman–Crippen MR) is 85.5 cm³/mol. The molecule has 0 fully saturated rings. The summed E-state index contributed by atoms with van der Waals surface area (Å²) in [6.45, 7) is 4.60. The number of hydrogen-bond donors (Lipinski definition) is 3. The molecule has 0 aliphatic heterocycles. The summed E-state index contributed by atoms with van der Waals surface area (Å²) < 4.78 is 0. The molecule has 0 aliphatic rings. The van der Waals surface area contributed by atoms with Crippen molar-refractivity contribution in [2.45, 2.75) is 32.7 Å². The van der Waals surface area contributed by atoms with E-state index in [1.165, 1.54) is 0 Å². The van der Waals surface area contributed by atoms with Gasteiger partial charge in [0.1, 0.15) is 0 Å². The Balaban J connectivity index is 2.18. The number of hydrogen-bond acceptors (Lipinski definition) is 3. The molecule has 0 bridgehead atoms. The van der Waals surface area contributed by atoms with Gasteiger partial charge in [0, 0.05) is 29.7 Å². The maximum atomic E-state index is 11.7. The van der Waals surface area contributed by atoms with E-state index in [0.717, 1.165) is 6.42 Å². The van der Waals surface area contributed by atoms with Crippen molar-refractivity contribution in [3.05, 3.63) is 29.3 Å². The minimum atomic E-state index is -0.167. The van der Waals surface area contributed by atoms with Gasteiger partial charge in [-0.1, -0.05) is 24.6 Å². The summed E-state index contributed by atoms with van der Waals surface area (Å²) in [5.41, 5.74) is 0.656. The van der Waals surface area contributed by atoms with E-state index >= 15 is 0 Å². The number of benzene rings is 1. The van der Waals surface area contributed by atoms with Gasteiger partial charge in [-0.05, 0) is 31.5 Å². The second-order valence-corrected chi connectivity index (χ2v) is 5.30. The molecule has 1 aromatic rings. The summed E-state index contributed by atoms with van der Waals surface area (Å²) >= 11 is 5.83. The van der Waals surface area contributed by atoms with Crippen molar-refractivity contribution >= 4 is 29.1 Å². The van der Waals surface area contributed by atoms with E-state index in [-0.39, 0.29) is 24.4 Å². The van der Waals surface area contributed by atoms with Crippen LogP contribution in [0.2, 0.25) is 5.02 Å². The fourth-order valence-electron chi connectivity index (χ4n) is 1.62. The van der Waals surface area contributed by atoms with Crippen LogP contribution >= 0.6 is 11.6 Å². The maximum absolute atomic E-state index is 11.7. The molecule has 0 aliphatic carbocycles. The molecule has 0 heterocycles. The molecular weight excluding hydrogens is 290 g/mol. The first-order chi connectivity index (χ1) is 10.0. The van der Waals surface area contributed by atoms with Crippen LogP contribution in [0.3, 0.4) is 0 Å². The molecule has 0 saturated heterocycles. The average Bonchev–Trinajstić information content (AvgIpc) is 2.43. The van der Waals surface area contributed by atoms with Gasteiger partial charge in [0.2, 0.25) is 11.8 Å². The zero-order valence-corrected chi connectivity index (χ0v) is 13.2. The highest BCUT2D eigenvalue weighted by molar-refractivity contribution is 6.30. The van der Waals surface area contributed by atoms with Crippen LogP contribution in [0.5, 0.6) is 0 Å². The summed E-state index contributed by atoms with van der Waals surface area (Å²) in [6, 6.07) is 7.14. The van der Waals surface area contributed by atoms with Crippen LogP contribution in [0.25, 0.3) is 0 Å². The highest BCUT2D eigenvalue weighted by atomic mass is 35.5. The van der Waals surface area contributed by atoms with Crippen LogP contribution < -0.4 is 16.0 Å². The fourth-order valence-corrected chi connectivity index (χ4v) is 1.81. The molecule has 6 heteroatoms. The van der Waals surface area contributed by atoms with Gasteiger partial charge in [-0.3, -0.25) is 9.59 Å². The quantitative estimate of drug-likeness (QED) is 0.644. The molecule has 1 atom stereocenters. The Morgan fingerprint density at radius 2 is 2.05 bits per heavy atom. The zero-order chi connectivity index (χ0) is 15.7. The Bertz CT molecular complexity index is 480. The molecular formula is C15H22ClN3O2. The highest BCUT2D eigenvalue weighted by Crippen LogP contribution is 2.14. The van der Waals surface area contributed by atoms with Crippen LogP contribution in [0.4, 0.5) is 5.69 Å². The van der Waals surface area contributed by atoms with E-state index < -0.39 is 0 Å². The van der Waals surface area contributed by atoms with Gasteiger partial charge in [-0.15, -0.1) is 0 Å². The number of amides is 2. The minimum Gasteiger partial charge on any atom is -0.354 e. The third-order valence-corrected chi connectivity index (χ3v) is 3.18. The normalized spacial score (nSPS) is 11.8. The molecule has 0 radical (unpaired) electrons. The zero-order valence-electron chi connectivity index (χ0n) is 12.4. The molecule has 1 aromatic carbocycles. The first-order valence-electron chi connectivity index (χ1n) is 7.06. The molecule has 1 rings (SSSR count). The topological polar surface area (TPSA) is 70.2 Å². The van der Waals surface area contributed by atoms with Crippen molar-refractivity contribution in [3.63, 3.8) is 0 Å². The largest absolute Gasteiger partial charge is 0.354 e. The number of nitrogens with one attached hydrogen (secondary N) is 3. The smallest absolute Gasteiger partial charge is 0.238 e. The number of rotatable bonds is 8. The summed E-state index contributed by atoms with van der Waals surface area (Å²) in [7, 11) is 0. The van der Waals surface area contributed by atoms with E-state index in [0.29, 0.717) is 23.7 Å². The maximum Gasteiger partial charge on any atom is 0.238 e. The predicted octanol–water partition coefficient (Wildman–Crippen LogP) is 2.17. The van der Waals surface area contributed by atoms with Gasteiger partial charge in [0.05, 0.1) is 6.54 Å². The second kappa shape index (κ2) is 9.37. The Labute approximate surface area is 130 Å². The van der Waals surface area contributed by atoms with Gasteiger partial charge in [-0.25, -0.2) is 0 Å². The van der Waals surface area contributed by atoms with E-state index in [2.05, 4.69) is 16.0 Å². The van der Waals surface area contributed by atoms with Crippen molar-refractivity contribution in [2.75, 3.05) is 18.4 Å². The van der Waals surface area contributed by atoms with Crippen molar-refractivity contribution in [3.8, 4) is 0 Å². The highest BCUT2D eigenvalue weighted by Gasteiger charge is 2.06. The summed E-state index contributed by atoms with van der Waals surface area (Å²) in [6.07, 6.45) is 1.26. The van der Waals surface area contributed by atoms with Gasteiger partial charge < -0.3 is 16.0 Å². The lowest BCUT2D eigenvalue weighted by atomic mass is 10.2. The summed E-state index contributed by atoms with van der Waals surface area (Å²) in [4.78, 5) is 23.2. The van der Waals surface area contributed by atoms with E-state index in [4.69, 9.17) is 11.6 Å². The standard InChI is InChI=1S/C15H22ClN3O2/c1-3-11(2)18-14(20)7-8-17-10-15(21)19-13-6-4-5-12(16)9-13/h4-6,9,11,17H,3,7-8,10H2,1-2H3,(H,18,20)(H,19,21). The molecule has 21 heavy (non-hydrogen) atoms. The lowest BCUT2D eigenvalue weighted by Crippen LogP contribution is -2.35. The SMILES string of the molecule is CCC(C)NC(=O)CCNCC(=O)Nc1cccc(Cl)c1. The molecule has 2 amide bonds. The van der Waals surface area contributed by atoms with Gasteiger partial charge in [-0.2, -0.15) is 0 Å². The number of carbonyl (C=O) groups excluding carboxylic acids is 2. The van der Waals surface area contributed by atoms with Gasteiger partial charge in [0.15, 0.2) is 0 Å². The van der Waals surface area contributed by atoms with Crippen molar-refractivity contribution < 1.29 is 9.59 Å². The van der Waals surface area contributed by atoms with Crippen LogP contribution in [-0.4, -0.2) is 30.9 Å². The Morgan fingerprint density at radius 1 is 1.29 bits per heavy atom. The van der Waals surface area contributed by atoms with Crippen LogP contribution in [-0.2, 0) is 9.59 Å². The lowest BCUT2D eigenvalue weighted by Gasteiger charge is -2.11. The Kier molecular flexibility index (Phi) is 7.79. The molecule has 5 nitrogen and oxygen atoms in total. The van der Waals surface area contributed by atoms with Crippen molar-refractivity contribution in [2.24, 2.45) is 0 Å². The number of carbonyl (C=O) groups is 2. The first kappa shape index (κ1) is 17.5. The van der Waals surface area contributed by atoms with Crippen LogP contribution in [0, 0.1) is 0 Å². The third kappa shape index (κ3) is 7.68. The summed E-state index contributed by atoms with van der Waals surface area (Å²) in [5, 5.41) is 9.10. The molecule has 116 valence electrons. The molecule has 1 unspecified atom stereocenters. The van der Waals surface area contributed by atoms with Gasteiger partial charge in [0.25, 0.3) is 0 Å². The molecule has 0 aromatic heterocycles. The number of anilines is 1. The van der Waals surface area contributed by atoms with E-state index in [9.17, 15) is 9.59 Å². The lowest BCUT2D eigenvalue weighted by molar-refractivity contribution is -0.122. The van der Waals surface area contributed by atoms with Gasteiger partial charge >= 0.3 is 0 Å². The molecule has 3 N–H and O–H groups in total. The Morgan fingerprint density at radius 3 is 2.71 bits per heavy atom. The third-order valence-electron chi connectivity index (χ3n) is 2.94. The van der Waals surface area contributed by atoms with Crippen molar-refractivity contribution in [1.82, 2.24) is 10.6 Å². The Hall–Kier alpha value is -1.59. The van der Waals surface area contributed by atoms with Crippen molar-refractivity contribution in [1.29, 1.82) is 0 Å². The fraction of sp³-hybridized carbons (Fsp3) is 0.467. The second-order valence-electron chi connectivity index (χ2n) is 4.86. The van der Waals surface area contributed by atoms with Crippen LogP contribution in [0.15, 0.2) is 24.3 Å². The first-order valence-corrected chi connectivity index (χ1v) is 7.44. The monoisotopic (exact) mass is 311 g/mol. The van der Waals surface area contributed by atoms with E-state index in [1.54, 1.807) is 24.3 Å². The molecule has 0 saturated carbocycles. The summed E-state index contributed by atoms with van der Waals surface area (Å²) in [5.74, 6) is -0.174. The number of halogens is 1. The average molecular weight is 312 g/mol.